The van der Waals surface area contributed by atoms with Crippen LogP contribution in [-0.4, -0.2) is 36.9 Å². The zero-order valence-electron chi connectivity index (χ0n) is 14.4. The third-order valence-electron chi connectivity index (χ3n) is 4.39. The van der Waals surface area contributed by atoms with Gasteiger partial charge in [0, 0.05) is 30.8 Å². The fourth-order valence-electron chi connectivity index (χ4n) is 2.65. The summed E-state index contributed by atoms with van der Waals surface area (Å²) in [6, 6.07) is 7.11. The minimum atomic E-state index is -0.127. The Kier molecular flexibility index (Phi) is 5.09. The van der Waals surface area contributed by atoms with Gasteiger partial charge in [-0.05, 0) is 42.5 Å². The Morgan fingerprint density at radius 2 is 2.04 bits per heavy atom. The van der Waals surface area contributed by atoms with Crippen molar-refractivity contribution in [1.29, 1.82) is 0 Å². The second-order valence-electron chi connectivity index (χ2n) is 7.42. The lowest BCUT2D eigenvalue weighted by Crippen LogP contribution is -2.39. The minimum Gasteiger partial charge on any atom is -0.341 e. The smallest absolute Gasteiger partial charge is 0.253 e. The molecule has 0 bridgehead atoms. The molecule has 1 aromatic rings. The number of nitrogens with one attached hydrogen (secondary N) is 1. The van der Waals surface area contributed by atoms with Crippen molar-refractivity contribution in [3.8, 4) is 0 Å². The first-order valence-corrected chi connectivity index (χ1v) is 8.10. The molecule has 2 amide bonds. The molecule has 2 rings (SSSR count). The van der Waals surface area contributed by atoms with Crippen LogP contribution in [0.2, 0.25) is 0 Å². The number of benzene rings is 1. The fraction of sp³-hybridized carbons (Fsp3) is 0.556. The van der Waals surface area contributed by atoms with Crippen LogP contribution in [0.15, 0.2) is 24.3 Å². The van der Waals surface area contributed by atoms with Crippen LogP contribution >= 0.6 is 0 Å². The lowest BCUT2D eigenvalue weighted by molar-refractivity contribution is -0.117. The highest BCUT2D eigenvalue weighted by Gasteiger charge is 2.39. The molecule has 2 unspecified atom stereocenters. The molecule has 1 aliphatic carbocycles. The summed E-state index contributed by atoms with van der Waals surface area (Å²) in [5.41, 5.74) is 6.85. The average molecular weight is 317 g/mol. The number of hydrogen-bond acceptors (Lipinski definition) is 3. The van der Waals surface area contributed by atoms with Crippen molar-refractivity contribution in [1.82, 2.24) is 4.90 Å². The molecule has 1 fully saturated rings. The van der Waals surface area contributed by atoms with Crippen LogP contribution in [0.5, 0.6) is 0 Å². The van der Waals surface area contributed by atoms with Crippen molar-refractivity contribution in [2.24, 2.45) is 23.0 Å². The van der Waals surface area contributed by atoms with Crippen molar-refractivity contribution in [2.45, 2.75) is 27.2 Å². The van der Waals surface area contributed by atoms with Crippen LogP contribution < -0.4 is 11.1 Å². The Balaban J connectivity index is 2.03. The van der Waals surface area contributed by atoms with Crippen molar-refractivity contribution in [3.05, 3.63) is 29.8 Å². The molecule has 0 aromatic heterocycles. The van der Waals surface area contributed by atoms with Gasteiger partial charge in [0.25, 0.3) is 5.91 Å². The van der Waals surface area contributed by atoms with Gasteiger partial charge >= 0.3 is 0 Å². The molecule has 0 spiro atoms. The third-order valence-corrected chi connectivity index (χ3v) is 4.39. The molecule has 0 aliphatic heterocycles. The maximum absolute atomic E-state index is 12.5. The molecule has 5 nitrogen and oxygen atoms in total. The summed E-state index contributed by atoms with van der Waals surface area (Å²) in [6.07, 6.45) is 0.946. The molecule has 2 atom stereocenters. The highest BCUT2D eigenvalue weighted by Crippen LogP contribution is 2.38. The fourth-order valence-corrected chi connectivity index (χ4v) is 2.65. The summed E-state index contributed by atoms with van der Waals surface area (Å²) < 4.78 is 0. The molecule has 0 heterocycles. The Morgan fingerprint density at radius 3 is 2.61 bits per heavy atom. The standard InChI is InChI=1S/C18H27N3O2/c1-12-8-15(12)16(22)20-14-7-5-6-13(9-14)17(23)21(4)11-18(2,3)10-19/h5-7,9,12,15H,8,10-11,19H2,1-4H3,(H,20,22). The highest BCUT2D eigenvalue weighted by molar-refractivity contribution is 5.98. The first kappa shape index (κ1) is 17.5. The summed E-state index contributed by atoms with van der Waals surface area (Å²) in [6.45, 7) is 7.23. The third kappa shape index (κ3) is 4.55. The van der Waals surface area contributed by atoms with E-state index in [1.165, 1.54) is 0 Å². The van der Waals surface area contributed by atoms with Crippen LogP contribution in [0.25, 0.3) is 0 Å². The topological polar surface area (TPSA) is 75.4 Å². The monoisotopic (exact) mass is 317 g/mol. The normalized spacial score (nSPS) is 20.0. The van der Waals surface area contributed by atoms with Crippen LogP contribution in [0, 0.1) is 17.3 Å². The van der Waals surface area contributed by atoms with Crippen molar-refractivity contribution in [2.75, 3.05) is 25.5 Å². The van der Waals surface area contributed by atoms with E-state index in [2.05, 4.69) is 12.2 Å². The van der Waals surface area contributed by atoms with Crippen molar-refractivity contribution in [3.63, 3.8) is 0 Å². The molecular weight excluding hydrogens is 290 g/mol. The van der Waals surface area contributed by atoms with Gasteiger partial charge in [0.1, 0.15) is 0 Å². The minimum absolute atomic E-state index is 0.0414. The summed E-state index contributed by atoms with van der Waals surface area (Å²) in [5.74, 6) is 0.550. The van der Waals surface area contributed by atoms with E-state index < -0.39 is 0 Å². The molecule has 126 valence electrons. The lowest BCUT2D eigenvalue weighted by atomic mass is 9.93. The van der Waals surface area contributed by atoms with Gasteiger partial charge in [-0.3, -0.25) is 9.59 Å². The maximum atomic E-state index is 12.5. The summed E-state index contributed by atoms with van der Waals surface area (Å²) in [5, 5.41) is 2.90. The maximum Gasteiger partial charge on any atom is 0.253 e. The Bertz CT molecular complexity index is 598. The zero-order valence-corrected chi connectivity index (χ0v) is 14.4. The predicted molar refractivity (Wildman–Crippen MR) is 92.1 cm³/mol. The quantitative estimate of drug-likeness (QED) is 0.845. The van der Waals surface area contributed by atoms with Gasteiger partial charge < -0.3 is 16.0 Å². The molecule has 5 heteroatoms. The number of carbonyl (C=O) groups excluding carboxylic acids is 2. The van der Waals surface area contributed by atoms with Gasteiger partial charge in [0.15, 0.2) is 0 Å². The van der Waals surface area contributed by atoms with Crippen LogP contribution in [0.3, 0.4) is 0 Å². The Hall–Kier alpha value is -1.88. The van der Waals surface area contributed by atoms with Gasteiger partial charge in [0.2, 0.25) is 5.91 Å². The summed E-state index contributed by atoms with van der Waals surface area (Å²) in [7, 11) is 1.77. The Labute approximate surface area is 138 Å². The second-order valence-corrected chi connectivity index (χ2v) is 7.42. The highest BCUT2D eigenvalue weighted by atomic mass is 16.2. The summed E-state index contributed by atoms with van der Waals surface area (Å²) in [4.78, 5) is 26.2. The van der Waals surface area contributed by atoms with Gasteiger partial charge in [-0.2, -0.15) is 0 Å². The average Bonchev–Trinajstić information content (AvgIpc) is 3.23. The van der Waals surface area contributed by atoms with Gasteiger partial charge in [-0.25, -0.2) is 0 Å². The molecule has 23 heavy (non-hydrogen) atoms. The van der Waals surface area contributed by atoms with E-state index in [9.17, 15) is 9.59 Å². The van der Waals surface area contributed by atoms with E-state index in [-0.39, 0.29) is 23.1 Å². The largest absolute Gasteiger partial charge is 0.341 e. The number of nitrogens with two attached hydrogens (primary N) is 1. The SMILES string of the molecule is CC1CC1C(=O)Nc1cccc(C(=O)N(C)CC(C)(C)CN)c1. The molecule has 0 saturated heterocycles. The van der Waals surface area contributed by atoms with Crippen molar-refractivity contribution >= 4 is 17.5 Å². The number of nitrogens with zero attached hydrogens (tertiary/aromatic N) is 1. The van der Waals surface area contributed by atoms with Gasteiger partial charge in [0.05, 0.1) is 0 Å². The van der Waals surface area contributed by atoms with Crippen LogP contribution in [0.1, 0.15) is 37.6 Å². The lowest BCUT2D eigenvalue weighted by Gasteiger charge is -2.29. The molecule has 1 aliphatic rings. The van der Waals surface area contributed by atoms with E-state index in [0.29, 0.717) is 30.3 Å². The van der Waals surface area contributed by atoms with E-state index in [0.717, 1.165) is 6.42 Å². The first-order valence-electron chi connectivity index (χ1n) is 8.10. The molecule has 0 radical (unpaired) electrons. The first-order chi connectivity index (χ1) is 10.7. The van der Waals surface area contributed by atoms with Gasteiger partial charge in [-0.15, -0.1) is 0 Å². The number of amides is 2. The number of hydrogen-bond donors (Lipinski definition) is 2. The second kappa shape index (κ2) is 6.71. The molecule has 3 N–H and O–H groups in total. The van der Waals surface area contributed by atoms with Crippen LogP contribution in [0.4, 0.5) is 5.69 Å². The van der Waals surface area contributed by atoms with E-state index in [4.69, 9.17) is 5.73 Å². The Morgan fingerprint density at radius 1 is 1.39 bits per heavy atom. The predicted octanol–water partition coefficient (Wildman–Crippen LogP) is 2.34. The summed E-state index contributed by atoms with van der Waals surface area (Å²) >= 11 is 0. The van der Waals surface area contributed by atoms with Crippen LogP contribution in [-0.2, 0) is 4.79 Å². The molecule has 1 saturated carbocycles. The van der Waals surface area contributed by atoms with E-state index in [1.54, 1.807) is 30.1 Å². The zero-order chi connectivity index (χ0) is 17.2. The number of carbonyl (C=O) groups is 2. The molecule has 1 aromatic carbocycles. The van der Waals surface area contributed by atoms with Gasteiger partial charge in [-0.1, -0.05) is 26.8 Å². The van der Waals surface area contributed by atoms with Crippen molar-refractivity contribution < 1.29 is 9.59 Å². The van der Waals surface area contributed by atoms with E-state index in [1.807, 2.05) is 19.9 Å². The number of rotatable bonds is 6. The number of anilines is 1. The molecular formula is C18H27N3O2. The van der Waals surface area contributed by atoms with E-state index >= 15 is 0 Å².